The van der Waals surface area contributed by atoms with Crippen LogP contribution in [0.25, 0.3) is 0 Å². The molecule has 0 fully saturated rings. The molecule has 0 bridgehead atoms. The number of aryl methyl sites for hydroxylation is 1. The maximum Gasteiger partial charge on any atom is 0.327 e. The van der Waals surface area contributed by atoms with Gasteiger partial charge in [0.25, 0.3) is 0 Å². The third-order valence-corrected chi connectivity index (χ3v) is 3.08. The number of hydrogen-bond acceptors (Lipinski definition) is 6. The number of aromatic nitrogens is 2. The van der Waals surface area contributed by atoms with Gasteiger partial charge in [0.2, 0.25) is 12.3 Å². The van der Waals surface area contributed by atoms with Gasteiger partial charge in [0, 0.05) is 12.2 Å². The van der Waals surface area contributed by atoms with Crippen molar-refractivity contribution in [3.05, 3.63) is 11.7 Å². The second-order valence-corrected chi connectivity index (χ2v) is 4.58. The number of carboxylic acids is 1. The van der Waals surface area contributed by atoms with Gasteiger partial charge in [0.15, 0.2) is 5.82 Å². The van der Waals surface area contributed by atoms with Crippen LogP contribution in [-0.4, -0.2) is 39.4 Å². The molecule has 1 heterocycles. The van der Waals surface area contributed by atoms with Crippen molar-refractivity contribution in [2.24, 2.45) is 0 Å². The molecule has 100 valence electrons. The Balaban J connectivity index is 2.35. The first-order chi connectivity index (χ1) is 8.67. The van der Waals surface area contributed by atoms with Crippen LogP contribution in [0.1, 0.15) is 25.1 Å². The van der Waals surface area contributed by atoms with Gasteiger partial charge in [-0.1, -0.05) is 12.1 Å². The van der Waals surface area contributed by atoms with E-state index in [1.807, 2.05) is 6.92 Å². The fourth-order valence-corrected chi connectivity index (χ4v) is 2.10. The first kappa shape index (κ1) is 14.5. The lowest BCUT2D eigenvalue weighted by Crippen LogP contribution is -2.37. The summed E-state index contributed by atoms with van der Waals surface area (Å²) < 4.78 is 5.00. The van der Waals surface area contributed by atoms with E-state index in [2.05, 4.69) is 15.5 Å². The highest BCUT2D eigenvalue weighted by atomic mass is 32.2. The Morgan fingerprint density at radius 1 is 1.67 bits per heavy atom. The Kier molecular flexibility index (Phi) is 6.20. The summed E-state index contributed by atoms with van der Waals surface area (Å²) in [7, 11) is 0. The average Bonchev–Trinajstić information content (AvgIpc) is 2.76. The predicted octanol–water partition coefficient (Wildman–Crippen LogP) is 0.454. The highest BCUT2D eigenvalue weighted by Gasteiger charge is 2.16. The molecule has 18 heavy (non-hydrogen) atoms. The summed E-state index contributed by atoms with van der Waals surface area (Å²) in [6.45, 7) is 2.02. The molecule has 1 aromatic rings. The zero-order chi connectivity index (χ0) is 13.4. The van der Waals surface area contributed by atoms with Crippen LogP contribution in [0.5, 0.6) is 0 Å². The lowest BCUT2D eigenvalue weighted by Gasteiger charge is -2.08. The third-order valence-electron chi connectivity index (χ3n) is 2.06. The van der Waals surface area contributed by atoms with E-state index in [4.69, 9.17) is 9.63 Å². The second kappa shape index (κ2) is 7.70. The Hall–Kier alpha value is -1.57. The molecule has 0 radical (unpaired) electrons. The van der Waals surface area contributed by atoms with E-state index in [-0.39, 0.29) is 5.75 Å². The lowest BCUT2D eigenvalue weighted by molar-refractivity contribution is -0.139. The smallest absolute Gasteiger partial charge is 0.327 e. The zero-order valence-corrected chi connectivity index (χ0v) is 10.8. The summed E-state index contributed by atoms with van der Waals surface area (Å²) in [5.74, 6) is 0.750. The summed E-state index contributed by atoms with van der Waals surface area (Å²) in [6, 6.07) is -0.898. The highest BCUT2D eigenvalue weighted by Crippen LogP contribution is 2.12. The molecule has 8 heteroatoms. The Labute approximate surface area is 108 Å². The van der Waals surface area contributed by atoms with Gasteiger partial charge in [-0.15, -0.1) is 11.8 Å². The Bertz CT molecular complexity index is 396. The van der Waals surface area contributed by atoms with Gasteiger partial charge in [-0.05, 0) is 6.42 Å². The van der Waals surface area contributed by atoms with Gasteiger partial charge in [0.05, 0.1) is 5.75 Å². The van der Waals surface area contributed by atoms with Crippen molar-refractivity contribution >= 4 is 24.1 Å². The van der Waals surface area contributed by atoms with Crippen molar-refractivity contribution in [1.82, 2.24) is 15.5 Å². The van der Waals surface area contributed by atoms with Gasteiger partial charge < -0.3 is 14.9 Å². The second-order valence-electron chi connectivity index (χ2n) is 3.54. The molecule has 0 aliphatic rings. The number of carbonyl (C=O) groups is 2. The average molecular weight is 273 g/mol. The van der Waals surface area contributed by atoms with E-state index < -0.39 is 12.0 Å². The molecule has 0 saturated carbocycles. The first-order valence-electron chi connectivity index (χ1n) is 5.49. The molecule has 2 N–H and O–H groups in total. The minimum atomic E-state index is -1.06. The van der Waals surface area contributed by atoms with Gasteiger partial charge in [-0.2, -0.15) is 4.98 Å². The van der Waals surface area contributed by atoms with Gasteiger partial charge in [-0.3, -0.25) is 4.79 Å². The number of aliphatic carboxylic acids is 1. The van der Waals surface area contributed by atoms with Crippen LogP contribution >= 0.6 is 11.8 Å². The van der Waals surface area contributed by atoms with Crippen molar-refractivity contribution in [1.29, 1.82) is 0 Å². The number of nitrogens with one attached hydrogen (secondary N) is 1. The zero-order valence-electron chi connectivity index (χ0n) is 9.96. The molecular formula is C10H15N3O4S. The van der Waals surface area contributed by atoms with Crippen LogP contribution in [-0.2, 0) is 21.8 Å². The normalized spacial score (nSPS) is 12.1. The third kappa shape index (κ3) is 4.74. The Morgan fingerprint density at radius 3 is 3.06 bits per heavy atom. The molecule has 0 aliphatic carbocycles. The van der Waals surface area contributed by atoms with Crippen LogP contribution in [0.4, 0.5) is 0 Å². The molecule has 0 spiro atoms. The van der Waals surface area contributed by atoms with E-state index in [0.29, 0.717) is 23.9 Å². The van der Waals surface area contributed by atoms with Crippen molar-refractivity contribution in [3.8, 4) is 0 Å². The minimum absolute atomic E-state index is 0.250. The molecule has 0 saturated heterocycles. The summed E-state index contributed by atoms with van der Waals surface area (Å²) in [4.78, 5) is 25.1. The Morgan fingerprint density at radius 2 is 2.44 bits per heavy atom. The number of nitrogens with zero attached hydrogens (tertiary/aromatic N) is 2. The number of amides is 1. The van der Waals surface area contributed by atoms with Gasteiger partial charge in [0.1, 0.15) is 6.04 Å². The predicted molar refractivity (Wildman–Crippen MR) is 65.1 cm³/mol. The van der Waals surface area contributed by atoms with E-state index in [1.165, 1.54) is 11.8 Å². The molecule has 7 nitrogen and oxygen atoms in total. The molecule has 0 aromatic carbocycles. The maximum atomic E-state index is 10.7. The fourth-order valence-electron chi connectivity index (χ4n) is 1.21. The van der Waals surface area contributed by atoms with Crippen LogP contribution < -0.4 is 5.32 Å². The van der Waals surface area contributed by atoms with Crippen LogP contribution in [0.3, 0.4) is 0 Å². The molecule has 1 rings (SSSR count). The standard InChI is InChI=1S/C10H15N3O4S/c1-2-3-8-12-9(17-13-8)5-18-4-7(10(15)16)11-6-14/h6-7H,2-5H2,1H3,(H,11,14)(H,15,16). The molecule has 1 unspecified atom stereocenters. The number of carboxylic acid groups (broad SMARTS) is 1. The van der Waals surface area contributed by atoms with Crippen molar-refractivity contribution in [2.45, 2.75) is 31.6 Å². The summed E-state index contributed by atoms with van der Waals surface area (Å²) in [5.41, 5.74) is 0. The maximum absolute atomic E-state index is 10.7. The quantitative estimate of drug-likeness (QED) is 0.629. The van der Waals surface area contributed by atoms with E-state index >= 15 is 0 Å². The largest absolute Gasteiger partial charge is 0.480 e. The van der Waals surface area contributed by atoms with E-state index in [0.717, 1.165) is 12.8 Å². The highest BCUT2D eigenvalue weighted by molar-refractivity contribution is 7.98. The van der Waals surface area contributed by atoms with Crippen LogP contribution in [0, 0.1) is 0 Å². The first-order valence-corrected chi connectivity index (χ1v) is 6.64. The van der Waals surface area contributed by atoms with Gasteiger partial charge in [-0.25, -0.2) is 4.79 Å². The lowest BCUT2D eigenvalue weighted by atomic mass is 10.3. The van der Waals surface area contributed by atoms with Crippen molar-refractivity contribution < 1.29 is 19.2 Å². The van der Waals surface area contributed by atoms with E-state index in [9.17, 15) is 9.59 Å². The molecule has 0 aliphatic heterocycles. The number of rotatable bonds is 9. The van der Waals surface area contributed by atoms with Gasteiger partial charge >= 0.3 is 5.97 Å². The minimum Gasteiger partial charge on any atom is -0.480 e. The molecule has 1 aromatic heterocycles. The van der Waals surface area contributed by atoms with Crippen LogP contribution in [0.2, 0.25) is 0 Å². The molecule has 1 atom stereocenters. The summed E-state index contributed by atoms with van der Waals surface area (Å²) in [6.07, 6.45) is 2.08. The number of hydrogen-bond donors (Lipinski definition) is 2. The monoisotopic (exact) mass is 273 g/mol. The molecule has 1 amide bonds. The van der Waals surface area contributed by atoms with E-state index in [1.54, 1.807) is 0 Å². The molecular weight excluding hydrogens is 258 g/mol. The fraction of sp³-hybridized carbons (Fsp3) is 0.600. The van der Waals surface area contributed by atoms with Crippen LogP contribution in [0.15, 0.2) is 4.52 Å². The van der Waals surface area contributed by atoms with Crippen molar-refractivity contribution in [2.75, 3.05) is 5.75 Å². The van der Waals surface area contributed by atoms with Crippen molar-refractivity contribution in [3.63, 3.8) is 0 Å². The number of carbonyl (C=O) groups excluding carboxylic acids is 1. The summed E-state index contributed by atoms with van der Waals surface area (Å²) in [5, 5.41) is 14.8. The topological polar surface area (TPSA) is 105 Å². The SMILES string of the molecule is CCCc1noc(CSCC(NC=O)C(=O)O)n1. The number of thioether (sulfide) groups is 1. The summed E-state index contributed by atoms with van der Waals surface area (Å²) >= 11 is 1.32.